The van der Waals surface area contributed by atoms with Crippen LogP contribution in [0.4, 0.5) is 5.69 Å². The molecule has 0 aromatic heterocycles. The molecule has 0 saturated carbocycles. The highest BCUT2D eigenvalue weighted by Gasteiger charge is 2.47. The number of rotatable bonds is 6. The fraction of sp³-hybridized carbons (Fsp3) is 0.241. The molecule has 1 fully saturated rings. The Balaban J connectivity index is 1.68. The Bertz CT molecular complexity index is 1410. The smallest absolute Gasteiger partial charge is 0.300 e. The van der Waals surface area contributed by atoms with Crippen LogP contribution < -0.4 is 19.1 Å². The number of hydrogen-bond donors (Lipinski definition) is 1. The molecule has 1 amide bonds. The van der Waals surface area contributed by atoms with Gasteiger partial charge < -0.3 is 19.3 Å². The van der Waals surface area contributed by atoms with Crippen LogP contribution in [0.15, 0.2) is 66.2 Å². The number of benzene rings is 3. The van der Waals surface area contributed by atoms with Crippen molar-refractivity contribution in [1.29, 1.82) is 0 Å². The third-order valence-corrected chi connectivity index (χ3v) is 6.81. The van der Waals surface area contributed by atoms with E-state index >= 15 is 0 Å². The van der Waals surface area contributed by atoms with Crippen molar-refractivity contribution < 1.29 is 28.9 Å². The Kier molecular flexibility index (Phi) is 6.56. The summed E-state index contributed by atoms with van der Waals surface area (Å²) >= 11 is 6.23. The van der Waals surface area contributed by atoms with E-state index in [0.717, 1.165) is 5.56 Å². The number of carbonyl (C=O) groups excluding carboxylic acids is 2. The lowest BCUT2D eigenvalue weighted by atomic mass is 9.93. The van der Waals surface area contributed by atoms with Crippen molar-refractivity contribution in [1.82, 2.24) is 0 Å². The van der Waals surface area contributed by atoms with Crippen molar-refractivity contribution in [3.8, 4) is 17.2 Å². The van der Waals surface area contributed by atoms with Gasteiger partial charge in [-0.25, -0.2) is 0 Å². The second-order valence-corrected chi connectivity index (χ2v) is 9.51. The molecule has 5 rings (SSSR count). The molecule has 2 aliphatic heterocycles. The number of carbonyl (C=O) groups is 2. The van der Waals surface area contributed by atoms with Gasteiger partial charge in [-0.2, -0.15) is 0 Å². The van der Waals surface area contributed by atoms with E-state index in [1.807, 2.05) is 31.2 Å². The molecule has 2 heterocycles. The van der Waals surface area contributed by atoms with Crippen LogP contribution >= 0.6 is 11.6 Å². The van der Waals surface area contributed by atoms with Crippen molar-refractivity contribution in [2.45, 2.75) is 32.7 Å². The van der Waals surface area contributed by atoms with Gasteiger partial charge in [0.1, 0.15) is 11.5 Å². The average molecular weight is 520 g/mol. The number of ether oxygens (including phenoxy) is 3. The Hall–Kier alpha value is -3.97. The second kappa shape index (κ2) is 9.82. The van der Waals surface area contributed by atoms with Gasteiger partial charge in [-0.3, -0.25) is 14.5 Å². The number of aliphatic hydroxyl groups is 1. The topological polar surface area (TPSA) is 85.3 Å². The lowest BCUT2D eigenvalue weighted by Gasteiger charge is -2.26. The van der Waals surface area contributed by atoms with Crippen LogP contribution in [0.5, 0.6) is 17.2 Å². The first-order chi connectivity index (χ1) is 17.8. The van der Waals surface area contributed by atoms with Crippen LogP contribution in [0.3, 0.4) is 0 Å². The first kappa shape index (κ1) is 24.7. The maximum atomic E-state index is 13.5. The van der Waals surface area contributed by atoms with E-state index in [1.54, 1.807) is 36.4 Å². The van der Waals surface area contributed by atoms with Crippen LogP contribution in [0.1, 0.15) is 49.4 Å². The molecule has 0 radical (unpaired) electrons. The monoisotopic (exact) mass is 519 g/mol. The van der Waals surface area contributed by atoms with E-state index in [-0.39, 0.29) is 18.1 Å². The Morgan fingerprint density at radius 2 is 1.78 bits per heavy atom. The zero-order chi connectivity index (χ0) is 26.3. The number of hydrogen-bond acceptors (Lipinski definition) is 6. The van der Waals surface area contributed by atoms with Gasteiger partial charge in [0.2, 0.25) is 6.79 Å². The van der Waals surface area contributed by atoms with Crippen molar-refractivity contribution in [3.63, 3.8) is 0 Å². The molecule has 0 bridgehead atoms. The molecule has 8 heteroatoms. The normalized spacial score (nSPS) is 18.1. The third kappa shape index (κ3) is 4.40. The SMILES string of the molecule is CCOc1cc(/C(O)=C2\C(=O)C(=O)N(c3ccc4c(c3)OCO4)C2c2ccc(C(C)C)cc2)ccc1Cl. The predicted molar refractivity (Wildman–Crippen MR) is 140 cm³/mol. The fourth-order valence-electron chi connectivity index (χ4n) is 4.58. The van der Waals surface area contributed by atoms with Gasteiger partial charge in [0, 0.05) is 17.3 Å². The lowest BCUT2D eigenvalue weighted by Crippen LogP contribution is -2.29. The number of fused-ring (bicyclic) bond motifs is 1. The van der Waals surface area contributed by atoms with Gasteiger partial charge in [-0.1, -0.05) is 49.7 Å². The van der Waals surface area contributed by atoms with Crippen LogP contribution in [0.25, 0.3) is 5.76 Å². The number of aliphatic hydroxyl groups excluding tert-OH is 1. The van der Waals surface area contributed by atoms with E-state index in [4.69, 9.17) is 25.8 Å². The van der Waals surface area contributed by atoms with Crippen molar-refractivity contribution in [2.75, 3.05) is 18.3 Å². The first-order valence-electron chi connectivity index (χ1n) is 12.0. The number of halogens is 1. The lowest BCUT2D eigenvalue weighted by molar-refractivity contribution is -0.132. The maximum Gasteiger partial charge on any atom is 0.300 e. The number of amides is 1. The molecule has 1 N–H and O–H groups in total. The zero-order valence-corrected chi connectivity index (χ0v) is 21.4. The summed E-state index contributed by atoms with van der Waals surface area (Å²) < 4.78 is 16.5. The summed E-state index contributed by atoms with van der Waals surface area (Å²) in [6.07, 6.45) is 0. The quantitative estimate of drug-likeness (QED) is 0.236. The predicted octanol–water partition coefficient (Wildman–Crippen LogP) is 6.22. The van der Waals surface area contributed by atoms with Gasteiger partial charge in [-0.15, -0.1) is 0 Å². The Labute approximate surface area is 219 Å². The fourth-order valence-corrected chi connectivity index (χ4v) is 4.76. The molecule has 0 aliphatic carbocycles. The summed E-state index contributed by atoms with van der Waals surface area (Å²) in [7, 11) is 0. The molecule has 1 atom stereocenters. The van der Waals surface area contributed by atoms with Crippen LogP contribution in [-0.4, -0.2) is 30.2 Å². The summed E-state index contributed by atoms with van der Waals surface area (Å²) in [6, 6.07) is 16.6. The van der Waals surface area contributed by atoms with Crippen molar-refractivity contribution in [3.05, 3.63) is 87.9 Å². The molecule has 1 unspecified atom stereocenters. The molecular weight excluding hydrogens is 494 g/mol. The summed E-state index contributed by atoms with van der Waals surface area (Å²) in [5.41, 5.74) is 2.55. The first-order valence-corrected chi connectivity index (χ1v) is 12.4. The Morgan fingerprint density at radius 3 is 2.49 bits per heavy atom. The summed E-state index contributed by atoms with van der Waals surface area (Å²) in [5, 5.41) is 11.8. The molecule has 3 aromatic rings. The molecule has 7 nitrogen and oxygen atoms in total. The number of ketones is 1. The van der Waals surface area contributed by atoms with E-state index in [1.165, 1.54) is 4.90 Å². The highest BCUT2D eigenvalue weighted by Crippen LogP contribution is 2.45. The molecule has 3 aromatic carbocycles. The van der Waals surface area contributed by atoms with E-state index in [0.29, 0.717) is 51.6 Å². The highest BCUT2D eigenvalue weighted by molar-refractivity contribution is 6.51. The number of nitrogens with zero attached hydrogens (tertiary/aromatic N) is 1. The molecule has 0 spiro atoms. The molecule has 2 aliphatic rings. The zero-order valence-electron chi connectivity index (χ0n) is 20.7. The van der Waals surface area contributed by atoms with E-state index in [2.05, 4.69) is 13.8 Å². The average Bonchev–Trinajstić information content (AvgIpc) is 3.47. The minimum atomic E-state index is -0.868. The third-order valence-electron chi connectivity index (χ3n) is 6.50. The summed E-state index contributed by atoms with van der Waals surface area (Å²) in [5.74, 6) is -0.137. The second-order valence-electron chi connectivity index (χ2n) is 9.11. The molecule has 37 heavy (non-hydrogen) atoms. The molecule has 190 valence electrons. The number of anilines is 1. The van der Waals surface area contributed by atoms with Gasteiger partial charge >= 0.3 is 0 Å². The van der Waals surface area contributed by atoms with Gasteiger partial charge in [0.25, 0.3) is 11.7 Å². The van der Waals surface area contributed by atoms with Gasteiger partial charge in [0.05, 0.1) is 23.2 Å². The number of Topliss-reactive ketones (excluding diaryl/α,β-unsaturated/α-hetero) is 1. The van der Waals surface area contributed by atoms with Gasteiger partial charge in [0.15, 0.2) is 11.5 Å². The minimum Gasteiger partial charge on any atom is -0.507 e. The summed E-state index contributed by atoms with van der Waals surface area (Å²) in [6.45, 7) is 6.45. The highest BCUT2D eigenvalue weighted by atomic mass is 35.5. The minimum absolute atomic E-state index is 0.0234. The van der Waals surface area contributed by atoms with Crippen LogP contribution in [-0.2, 0) is 9.59 Å². The Morgan fingerprint density at radius 1 is 1.05 bits per heavy atom. The van der Waals surface area contributed by atoms with Crippen molar-refractivity contribution in [2.24, 2.45) is 0 Å². The standard InChI is InChI=1S/C29H26ClNO6/c1-4-35-23-13-19(9-11-21(23)30)27(32)25-26(18-7-5-17(6-8-18)16(2)3)31(29(34)28(25)33)20-10-12-22-24(14-20)37-15-36-22/h5-14,16,26,32H,4,15H2,1-3H3/b27-25+. The van der Waals surface area contributed by atoms with E-state index in [9.17, 15) is 14.7 Å². The molecular formula is C29H26ClNO6. The maximum absolute atomic E-state index is 13.5. The van der Waals surface area contributed by atoms with Crippen molar-refractivity contribution >= 4 is 34.7 Å². The van der Waals surface area contributed by atoms with Crippen LogP contribution in [0.2, 0.25) is 5.02 Å². The summed E-state index contributed by atoms with van der Waals surface area (Å²) in [4.78, 5) is 28.3. The largest absolute Gasteiger partial charge is 0.507 e. The molecule has 1 saturated heterocycles. The van der Waals surface area contributed by atoms with E-state index < -0.39 is 17.7 Å². The van der Waals surface area contributed by atoms with Crippen LogP contribution in [0, 0.1) is 0 Å². The van der Waals surface area contributed by atoms with Gasteiger partial charge in [-0.05, 0) is 54.3 Å².